The molecule has 1 N–H and O–H groups in total. The van der Waals surface area contributed by atoms with Gasteiger partial charge in [0.2, 0.25) is 0 Å². The number of thioether (sulfide) groups is 1. The van der Waals surface area contributed by atoms with Crippen molar-refractivity contribution in [2.75, 3.05) is 29.6 Å². The molecule has 1 aromatic rings. The van der Waals surface area contributed by atoms with E-state index in [0.29, 0.717) is 5.75 Å². The van der Waals surface area contributed by atoms with Gasteiger partial charge < -0.3 is 5.32 Å². The smallest absolute Gasteiger partial charge is 0.148 e. The Morgan fingerprint density at radius 2 is 2.18 bits per heavy atom. The van der Waals surface area contributed by atoms with Gasteiger partial charge in [-0.15, -0.1) is 11.8 Å². The van der Waals surface area contributed by atoms with Gasteiger partial charge in [0.15, 0.2) is 0 Å². The second-order valence-electron chi connectivity index (χ2n) is 3.35. The molecule has 1 rings (SSSR count). The highest BCUT2D eigenvalue weighted by atomic mass is 79.9. The monoisotopic (exact) mass is 339 g/mol. The summed E-state index contributed by atoms with van der Waals surface area (Å²) in [4.78, 5) is 8.20. The number of sulfone groups is 1. The molecule has 0 aliphatic rings. The first-order valence-electron chi connectivity index (χ1n) is 4.99. The first-order valence-corrected chi connectivity index (χ1v) is 8.83. The fraction of sp³-hybridized carbons (Fsp3) is 0.556. The quantitative estimate of drug-likeness (QED) is 0.629. The van der Waals surface area contributed by atoms with E-state index in [4.69, 9.17) is 0 Å². The maximum absolute atomic E-state index is 11.0. The molecule has 0 saturated heterocycles. The molecule has 8 heteroatoms. The van der Waals surface area contributed by atoms with E-state index in [1.165, 1.54) is 24.3 Å². The van der Waals surface area contributed by atoms with Gasteiger partial charge in [-0.05, 0) is 22.9 Å². The summed E-state index contributed by atoms with van der Waals surface area (Å²) in [6.07, 6.45) is 2.69. The van der Waals surface area contributed by atoms with Crippen molar-refractivity contribution in [3.63, 3.8) is 0 Å². The number of hydrogen-bond donors (Lipinski definition) is 1. The van der Waals surface area contributed by atoms with E-state index < -0.39 is 9.84 Å². The highest BCUT2D eigenvalue weighted by Crippen LogP contribution is 2.29. The van der Waals surface area contributed by atoms with Crippen molar-refractivity contribution in [1.29, 1.82) is 0 Å². The van der Waals surface area contributed by atoms with Crippen molar-refractivity contribution < 1.29 is 8.42 Å². The van der Waals surface area contributed by atoms with Crippen molar-refractivity contribution in [3.05, 3.63) is 10.8 Å². The average Bonchev–Trinajstić information content (AvgIpc) is 2.22. The van der Waals surface area contributed by atoms with Crippen LogP contribution in [0.2, 0.25) is 0 Å². The second kappa shape index (κ2) is 6.55. The molecule has 0 aliphatic carbocycles. The molecule has 0 unspecified atom stereocenters. The van der Waals surface area contributed by atoms with Crippen LogP contribution in [0.15, 0.2) is 15.8 Å². The number of rotatable bonds is 6. The summed E-state index contributed by atoms with van der Waals surface area (Å²) < 4.78 is 22.8. The fourth-order valence-corrected chi connectivity index (χ4v) is 3.81. The van der Waals surface area contributed by atoms with Crippen LogP contribution in [-0.4, -0.2) is 42.7 Å². The Kier molecular flexibility index (Phi) is 5.68. The Hall–Kier alpha value is -0.340. The largest absolute Gasteiger partial charge is 0.369 e. The van der Waals surface area contributed by atoms with Crippen LogP contribution in [-0.2, 0) is 9.84 Å². The maximum atomic E-state index is 11.0. The SMILES string of the molecule is CCNc1ncnc(SCCS(C)(=O)=O)c1Br. The predicted octanol–water partition coefficient (Wildman–Crippen LogP) is 1.81. The molecule has 0 atom stereocenters. The molecule has 1 aromatic heterocycles. The molecule has 17 heavy (non-hydrogen) atoms. The summed E-state index contributed by atoms with van der Waals surface area (Å²) in [7, 11) is -2.92. The number of halogens is 1. The van der Waals surface area contributed by atoms with Gasteiger partial charge >= 0.3 is 0 Å². The Morgan fingerprint density at radius 1 is 1.47 bits per heavy atom. The summed E-state index contributed by atoms with van der Waals surface area (Å²) in [5.41, 5.74) is 0. The van der Waals surface area contributed by atoms with Crippen LogP contribution in [0.3, 0.4) is 0 Å². The van der Waals surface area contributed by atoms with Gasteiger partial charge in [0, 0.05) is 18.6 Å². The van der Waals surface area contributed by atoms with Crippen LogP contribution in [0.5, 0.6) is 0 Å². The van der Waals surface area contributed by atoms with Crippen molar-refractivity contribution in [2.45, 2.75) is 11.9 Å². The van der Waals surface area contributed by atoms with E-state index >= 15 is 0 Å². The van der Waals surface area contributed by atoms with Gasteiger partial charge in [-0.2, -0.15) is 0 Å². The van der Waals surface area contributed by atoms with E-state index in [1.54, 1.807) is 0 Å². The van der Waals surface area contributed by atoms with E-state index in [0.717, 1.165) is 21.9 Å². The molecule has 0 bridgehead atoms. The third-order valence-corrected chi connectivity index (χ3v) is 5.00. The molecule has 0 amide bonds. The molecular formula is C9H14BrN3O2S2. The highest BCUT2D eigenvalue weighted by Gasteiger charge is 2.10. The molecule has 96 valence electrons. The number of nitrogens with one attached hydrogen (secondary N) is 1. The fourth-order valence-electron chi connectivity index (χ4n) is 1.03. The average molecular weight is 340 g/mol. The number of hydrogen-bond acceptors (Lipinski definition) is 6. The zero-order valence-electron chi connectivity index (χ0n) is 9.60. The zero-order chi connectivity index (χ0) is 12.9. The maximum Gasteiger partial charge on any atom is 0.148 e. The summed E-state index contributed by atoms with van der Waals surface area (Å²) >= 11 is 4.80. The Bertz CT molecular complexity index is 479. The molecule has 0 spiro atoms. The van der Waals surface area contributed by atoms with Crippen molar-refractivity contribution in [3.8, 4) is 0 Å². The lowest BCUT2D eigenvalue weighted by Crippen LogP contribution is -2.06. The topological polar surface area (TPSA) is 72.0 Å². The first-order chi connectivity index (χ1) is 7.94. The van der Waals surface area contributed by atoms with Gasteiger partial charge in [-0.1, -0.05) is 0 Å². The third kappa shape index (κ3) is 5.22. The minimum Gasteiger partial charge on any atom is -0.369 e. The Labute approximate surface area is 114 Å². The van der Waals surface area contributed by atoms with E-state index in [9.17, 15) is 8.42 Å². The third-order valence-electron chi connectivity index (χ3n) is 1.79. The molecule has 0 fully saturated rings. The Balaban J connectivity index is 2.68. The molecule has 5 nitrogen and oxygen atoms in total. The number of nitrogens with zero attached hydrogens (tertiary/aromatic N) is 2. The molecule has 0 aromatic carbocycles. The number of anilines is 1. The first kappa shape index (κ1) is 14.7. The second-order valence-corrected chi connectivity index (χ2v) is 7.49. The van der Waals surface area contributed by atoms with Crippen molar-refractivity contribution in [1.82, 2.24) is 9.97 Å². The molecule has 1 heterocycles. The molecular weight excluding hydrogens is 326 g/mol. The lowest BCUT2D eigenvalue weighted by atomic mass is 10.5. The zero-order valence-corrected chi connectivity index (χ0v) is 12.8. The summed E-state index contributed by atoms with van der Waals surface area (Å²) in [5, 5.41) is 3.84. The van der Waals surface area contributed by atoms with E-state index in [2.05, 4.69) is 31.2 Å². The lowest BCUT2D eigenvalue weighted by Gasteiger charge is -2.07. The van der Waals surface area contributed by atoms with Crippen LogP contribution in [0.25, 0.3) is 0 Å². The Morgan fingerprint density at radius 3 is 2.76 bits per heavy atom. The van der Waals surface area contributed by atoms with Crippen LogP contribution in [0, 0.1) is 0 Å². The summed E-state index contributed by atoms with van der Waals surface area (Å²) in [6.45, 7) is 2.74. The summed E-state index contributed by atoms with van der Waals surface area (Å²) in [6, 6.07) is 0. The normalized spacial score (nSPS) is 11.5. The van der Waals surface area contributed by atoms with Crippen LogP contribution in [0.4, 0.5) is 5.82 Å². The summed E-state index contributed by atoms with van der Waals surface area (Å²) in [5.74, 6) is 1.36. The van der Waals surface area contributed by atoms with Gasteiger partial charge in [-0.3, -0.25) is 0 Å². The minimum atomic E-state index is -2.92. The molecule has 0 saturated carbocycles. The van der Waals surface area contributed by atoms with Gasteiger partial charge in [0.1, 0.15) is 27.0 Å². The predicted molar refractivity (Wildman–Crippen MR) is 74.3 cm³/mol. The van der Waals surface area contributed by atoms with Crippen molar-refractivity contribution in [2.24, 2.45) is 0 Å². The van der Waals surface area contributed by atoms with Crippen molar-refractivity contribution >= 4 is 43.3 Å². The molecule has 0 aliphatic heterocycles. The minimum absolute atomic E-state index is 0.144. The van der Waals surface area contributed by atoms with Gasteiger partial charge in [0.05, 0.1) is 10.2 Å². The van der Waals surface area contributed by atoms with Crippen LogP contribution < -0.4 is 5.32 Å². The van der Waals surface area contributed by atoms with E-state index in [1.807, 2.05) is 6.92 Å². The highest BCUT2D eigenvalue weighted by molar-refractivity contribution is 9.10. The van der Waals surface area contributed by atoms with Gasteiger partial charge in [0.25, 0.3) is 0 Å². The standard InChI is InChI=1S/C9H14BrN3O2S2/c1-3-11-8-7(10)9(13-6-12-8)16-4-5-17(2,14)15/h6H,3-5H2,1-2H3,(H,11,12,13). The number of aromatic nitrogens is 2. The lowest BCUT2D eigenvalue weighted by molar-refractivity contribution is 0.603. The van der Waals surface area contributed by atoms with Crippen LogP contribution in [0.1, 0.15) is 6.92 Å². The van der Waals surface area contributed by atoms with E-state index in [-0.39, 0.29) is 5.75 Å². The van der Waals surface area contributed by atoms with Crippen LogP contribution >= 0.6 is 27.7 Å². The molecule has 0 radical (unpaired) electrons. The van der Waals surface area contributed by atoms with Gasteiger partial charge in [-0.25, -0.2) is 18.4 Å².